The highest BCUT2D eigenvalue weighted by Gasteiger charge is 2.65. The van der Waals surface area contributed by atoms with Gasteiger partial charge in [0, 0.05) is 5.57 Å². The molecule has 1 aliphatic heterocycles. The molecular formula is C17H20BrNO2. The molecule has 4 heteroatoms. The molecule has 1 heterocycles. The van der Waals surface area contributed by atoms with Crippen LogP contribution in [0.3, 0.4) is 0 Å². The molecule has 0 aromatic carbocycles. The molecule has 3 aliphatic carbocycles. The third-order valence-corrected chi connectivity index (χ3v) is 6.37. The Balaban J connectivity index is 1.71. The summed E-state index contributed by atoms with van der Waals surface area (Å²) in [6.45, 7) is 5.98. The largest absolute Gasteiger partial charge is 0.357 e. The van der Waals surface area contributed by atoms with Crippen LogP contribution >= 0.6 is 15.9 Å². The van der Waals surface area contributed by atoms with Crippen molar-refractivity contribution in [3.8, 4) is 0 Å². The Hall–Kier alpha value is -0.900. The summed E-state index contributed by atoms with van der Waals surface area (Å²) in [4.78, 5) is 27.4. The van der Waals surface area contributed by atoms with Crippen molar-refractivity contribution < 1.29 is 9.59 Å². The van der Waals surface area contributed by atoms with E-state index in [1.165, 1.54) is 25.3 Å². The molecule has 0 aromatic rings. The lowest BCUT2D eigenvalue weighted by atomic mass is 9.80. The average molecular weight is 350 g/mol. The average Bonchev–Trinajstić information content (AvgIpc) is 2.80. The Kier molecular flexibility index (Phi) is 2.68. The van der Waals surface area contributed by atoms with Gasteiger partial charge in [-0.05, 0) is 58.5 Å². The van der Waals surface area contributed by atoms with Crippen molar-refractivity contribution in [1.29, 1.82) is 0 Å². The van der Waals surface area contributed by atoms with Crippen LogP contribution in [0.15, 0.2) is 21.8 Å². The van der Waals surface area contributed by atoms with Crippen molar-refractivity contribution in [3.63, 3.8) is 0 Å². The van der Waals surface area contributed by atoms with Gasteiger partial charge in [-0.3, -0.25) is 9.59 Å². The maximum atomic E-state index is 12.9. The van der Waals surface area contributed by atoms with E-state index in [2.05, 4.69) is 20.8 Å². The minimum absolute atomic E-state index is 0.0442. The Morgan fingerprint density at radius 1 is 1.14 bits per heavy atom. The van der Waals surface area contributed by atoms with E-state index >= 15 is 0 Å². The fourth-order valence-electron chi connectivity index (χ4n) is 4.64. The molecule has 0 radical (unpaired) electrons. The summed E-state index contributed by atoms with van der Waals surface area (Å²) in [5, 5.41) is 0. The summed E-state index contributed by atoms with van der Waals surface area (Å²) in [6.07, 6.45) is 5.42. The number of carbonyl (C=O) groups is 2. The van der Waals surface area contributed by atoms with Gasteiger partial charge in [-0.1, -0.05) is 20.8 Å². The van der Waals surface area contributed by atoms with Crippen LogP contribution in [0.4, 0.5) is 0 Å². The van der Waals surface area contributed by atoms with E-state index in [1.54, 1.807) is 0 Å². The third kappa shape index (κ3) is 1.77. The molecule has 4 rings (SSSR count). The number of ketones is 2. The van der Waals surface area contributed by atoms with E-state index in [1.807, 2.05) is 20.8 Å². The first kappa shape index (κ1) is 13.7. The standard InChI is InChI=1S/C17H20BrNO2/c1-17(2,3)10-7-11(20)12(18)15(16(10)21)19-13-8-4-5-9(6-8)14(13)19/h7-9,13-14H,4-6H2,1-3H3. The number of piperidine rings is 1. The number of rotatable bonds is 1. The van der Waals surface area contributed by atoms with Crippen molar-refractivity contribution in [1.82, 2.24) is 4.90 Å². The van der Waals surface area contributed by atoms with Gasteiger partial charge in [0.25, 0.3) is 0 Å². The summed E-state index contributed by atoms with van der Waals surface area (Å²) < 4.78 is 0.467. The molecule has 0 amide bonds. The van der Waals surface area contributed by atoms with Crippen LogP contribution in [0.5, 0.6) is 0 Å². The second-order valence-electron chi connectivity index (χ2n) is 7.89. The van der Waals surface area contributed by atoms with Gasteiger partial charge < -0.3 is 4.90 Å². The van der Waals surface area contributed by atoms with Crippen molar-refractivity contribution >= 4 is 27.5 Å². The number of likely N-dealkylation sites (tertiary alicyclic amines) is 1. The van der Waals surface area contributed by atoms with Gasteiger partial charge in [-0.25, -0.2) is 0 Å². The zero-order valence-electron chi connectivity index (χ0n) is 12.6. The van der Waals surface area contributed by atoms with Crippen molar-refractivity contribution in [2.45, 2.75) is 52.1 Å². The van der Waals surface area contributed by atoms with Crippen LogP contribution in [-0.4, -0.2) is 28.6 Å². The van der Waals surface area contributed by atoms with E-state index in [9.17, 15) is 9.59 Å². The molecule has 4 unspecified atom stereocenters. The predicted molar refractivity (Wildman–Crippen MR) is 83.8 cm³/mol. The summed E-state index contributed by atoms with van der Waals surface area (Å²) in [5.74, 6) is 1.45. The molecule has 2 saturated carbocycles. The Morgan fingerprint density at radius 3 is 2.24 bits per heavy atom. The van der Waals surface area contributed by atoms with Gasteiger partial charge >= 0.3 is 0 Å². The molecular weight excluding hydrogens is 330 g/mol. The Morgan fingerprint density at radius 2 is 1.71 bits per heavy atom. The number of halogens is 1. The van der Waals surface area contributed by atoms with E-state index in [0.29, 0.717) is 27.8 Å². The van der Waals surface area contributed by atoms with Gasteiger partial charge in [0.1, 0.15) is 5.70 Å². The van der Waals surface area contributed by atoms with Crippen LogP contribution < -0.4 is 0 Å². The third-order valence-electron chi connectivity index (χ3n) is 5.61. The zero-order valence-corrected chi connectivity index (χ0v) is 14.2. The first-order valence-electron chi connectivity index (χ1n) is 7.80. The molecule has 112 valence electrons. The smallest absolute Gasteiger partial charge is 0.207 e. The Labute approximate surface area is 133 Å². The van der Waals surface area contributed by atoms with E-state index in [0.717, 1.165) is 11.8 Å². The van der Waals surface area contributed by atoms with Crippen LogP contribution in [0, 0.1) is 17.3 Å². The second-order valence-corrected chi connectivity index (χ2v) is 8.68. The lowest BCUT2D eigenvalue weighted by Gasteiger charge is -2.28. The first-order valence-corrected chi connectivity index (χ1v) is 8.59. The maximum Gasteiger partial charge on any atom is 0.207 e. The summed E-state index contributed by atoms with van der Waals surface area (Å²) in [5.41, 5.74) is 0.984. The number of hydrogen-bond acceptors (Lipinski definition) is 3. The minimum atomic E-state index is -0.296. The van der Waals surface area contributed by atoms with E-state index in [-0.39, 0.29) is 17.0 Å². The normalized spacial score (nSPS) is 38.1. The maximum absolute atomic E-state index is 12.9. The monoisotopic (exact) mass is 349 g/mol. The molecule has 4 aliphatic rings. The van der Waals surface area contributed by atoms with Gasteiger partial charge in [0.2, 0.25) is 5.78 Å². The molecule has 3 fully saturated rings. The number of nitrogens with zero attached hydrogens (tertiary/aromatic N) is 1. The van der Waals surface area contributed by atoms with Gasteiger partial charge in [0.05, 0.1) is 16.6 Å². The fourth-order valence-corrected chi connectivity index (χ4v) is 5.14. The molecule has 3 nitrogen and oxygen atoms in total. The van der Waals surface area contributed by atoms with Crippen LogP contribution in [-0.2, 0) is 9.59 Å². The van der Waals surface area contributed by atoms with Crippen molar-refractivity contribution in [2.24, 2.45) is 17.3 Å². The first-order chi connectivity index (χ1) is 9.80. The molecule has 1 saturated heterocycles. The van der Waals surface area contributed by atoms with E-state index < -0.39 is 0 Å². The van der Waals surface area contributed by atoms with Gasteiger partial charge in [-0.2, -0.15) is 0 Å². The number of Topliss-reactive ketones (excluding diaryl/α,β-unsaturated/α-hetero) is 1. The number of allylic oxidation sites excluding steroid dienone is 3. The molecule has 4 atom stereocenters. The quantitative estimate of drug-likeness (QED) is 0.538. The Bertz CT molecular complexity index is 609. The number of fused-ring (bicyclic) bond motifs is 5. The molecule has 2 bridgehead atoms. The van der Waals surface area contributed by atoms with E-state index in [4.69, 9.17) is 0 Å². The molecule has 0 N–H and O–H groups in total. The molecule has 21 heavy (non-hydrogen) atoms. The van der Waals surface area contributed by atoms with Crippen molar-refractivity contribution in [2.75, 3.05) is 0 Å². The van der Waals surface area contributed by atoms with Crippen LogP contribution in [0.1, 0.15) is 40.0 Å². The van der Waals surface area contributed by atoms with Crippen molar-refractivity contribution in [3.05, 3.63) is 21.8 Å². The predicted octanol–water partition coefficient (Wildman–Crippen LogP) is 3.20. The van der Waals surface area contributed by atoms with Crippen LogP contribution in [0.2, 0.25) is 0 Å². The van der Waals surface area contributed by atoms with Gasteiger partial charge in [0.15, 0.2) is 5.78 Å². The fraction of sp³-hybridized carbons (Fsp3) is 0.647. The lowest BCUT2D eigenvalue weighted by Crippen LogP contribution is -2.30. The summed E-state index contributed by atoms with van der Waals surface area (Å²) in [7, 11) is 0. The minimum Gasteiger partial charge on any atom is -0.357 e. The second kappa shape index (κ2) is 4.09. The highest BCUT2D eigenvalue weighted by atomic mass is 79.9. The SMILES string of the molecule is CC(C)(C)C1=CC(=O)C(Br)=C(N2C3C4CCC(C4)C32)C1=O. The molecule has 0 spiro atoms. The highest BCUT2D eigenvalue weighted by Crippen LogP contribution is 2.60. The number of hydrogen-bond donors (Lipinski definition) is 0. The molecule has 0 aromatic heterocycles. The number of carbonyl (C=O) groups excluding carboxylic acids is 2. The topological polar surface area (TPSA) is 37.1 Å². The summed E-state index contributed by atoms with van der Waals surface area (Å²) >= 11 is 3.39. The van der Waals surface area contributed by atoms with Gasteiger partial charge in [-0.15, -0.1) is 0 Å². The summed E-state index contributed by atoms with van der Waals surface area (Å²) in [6, 6.07) is 1.03. The van der Waals surface area contributed by atoms with Crippen LogP contribution in [0.25, 0.3) is 0 Å². The highest BCUT2D eigenvalue weighted by molar-refractivity contribution is 9.12. The zero-order chi connectivity index (χ0) is 15.1. The lowest BCUT2D eigenvalue weighted by molar-refractivity contribution is -0.117.